The summed E-state index contributed by atoms with van der Waals surface area (Å²) < 4.78 is 3.87. The summed E-state index contributed by atoms with van der Waals surface area (Å²) in [4.78, 5) is 30.5. The maximum atomic E-state index is 13.4. The number of nitrogens with one attached hydrogen (secondary N) is 1. The highest BCUT2D eigenvalue weighted by Gasteiger charge is 2.20. The molecule has 0 aliphatic rings. The molecule has 0 fully saturated rings. The number of anilines is 1. The number of aromatic nitrogens is 4. The van der Waals surface area contributed by atoms with Gasteiger partial charge in [-0.25, -0.2) is 4.52 Å². The maximum absolute atomic E-state index is 13.4. The molecule has 1 amide bonds. The van der Waals surface area contributed by atoms with Crippen LogP contribution in [0.25, 0.3) is 16.7 Å². The van der Waals surface area contributed by atoms with Crippen LogP contribution in [0.2, 0.25) is 0 Å². The minimum Gasteiger partial charge on any atom is -0.318 e. The molecule has 2 heterocycles. The van der Waals surface area contributed by atoms with E-state index < -0.39 is 5.91 Å². The molecule has 5 aromatic rings. The molecule has 3 aromatic carbocycles. The third-order valence-corrected chi connectivity index (χ3v) is 5.89. The van der Waals surface area contributed by atoms with E-state index in [1.54, 1.807) is 10.6 Å². The molecule has 0 atom stereocenters. The van der Waals surface area contributed by atoms with E-state index in [1.807, 2.05) is 73.7 Å². The Kier molecular flexibility index (Phi) is 5.07. The molecule has 0 aliphatic heterocycles. The van der Waals surface area contributed by atoms with Gasteiger partial charge in [0.2, 0.25) is 11.5 Å². The van der Waals surface area contributed by atoms with Crippen LogP contribution in [0.4, 0.5) is 5.69 Å². The Hall–Kier alpha value is -3.78. The minimum absolute atomic E-state index is 0.0720. The van der Waals surface area contributed by atoms with Crippen LogP contribution in [0.1, 0.15) is 21.7 Å². The first-order valence-corrected chi connectivity index (χ1v) is 10.8. The molecule has 0 spiro atoms. The quantitative estimate of drug-likeness (QED) is 0.406. The van der Waals surface area contributed by atoms with Crippen molar-refractivity contribution in [1.29, 1.82) is 0 Å². The van der Waals surface area contributed by atoms with Crippen LogP contribution in [0, 0.1) is 6.92 Å². The van der Waals surface area contributed by atoms with Gasteiger partial charge in [-0.3, -0.25) is 14.2 Å². The largest absolute Gasteiger partial charge is 0.318 e. The third-order valence-electron chi connectivity index (χ3n) is 5.20. The van der Waals surface area contributed by atoms with Crippen molar-refractivity contribution in [1.82, 2.24) is 19.2 Å². The highest BCUT2D eigenvalue weighted by atomic mass is 79.9. The van der Waals surface area contributed by atoms with Crippen LogP contribution in [-0.4, -0.2) is 25.1 Å². The molecule has 0 radical (unpaired) electrons. The van der Waals surface area contributed by atoms with Gasteiger partial charge in [0.1, 0.15) is 0 Å². The zero-order chi connectivity index (χ0) is 22.2. The number of amides is 1. The lowest BCUT2D eigenvalue weighted by molar-refractivity contribution is 0.101. The van der Waals surface area contributed by atoms with E-state index in [-0.39, 0.29) is 17.0 Å². The maximum Gasteiger partial charge on any atom is 0.296 e. The molecular formula is C24H18BrN5O2. The van der Waals surface area contributed by atoms with Gasteiger partial charge in [-0.15, -0.1) is 5.10 Å². The first kappa shape index (κ1) is 20.1. The van der Waals surface area contributed by atoms with E-state index in [0.717, 1.165) is 21.1 Å². The van der Waals surface area contributed by atoms with Crippen LogP contribution in [0.5, 0.6) is 0 Å². The summed E-state index contributed by atoms with van der Waals surface area (Å²) >= 11 is 3.41. The fourth-order valence-corrected chi connectivity index (χ4v) is 4.02. The molecule has 5 rings (SSSR count). The molecule has 0 saturated carbocycles. The second-order valence-corrected chi connectivity index (χ2v) is 8.33. The van der Waals surface area contributed by atoms with Gasteiger partial charge in [0.05, 0.1) is 23.3 Å². The van der Waals surface area contributed by atoms with Crippen molar-refractivity contribution in [2.24, 2.45) is 0 Å². The van der Waals surface area contributed by atoms with E-state index in [0.29, 0.717) is 17.7 Å². The summed E-state index contributed by atoms with van der Waals surface area (Å²) in [5.41, 5.74) is 3.84. The topological polar surface area (TPSA) is 81.3 Å². The van der Waals surface area contributed by atoms with E-state index in [1.165, 1.54) is 4.52 Å². The van der Waals surface area contributed by atoms with Crippen LogP contribution >= 0.6 is 15.9 Å². The Balaban J connectivity index is 1.66. The Morgan fingerprint density at radius 2 is 1.75 bits per heavy atom. The van der Waals surface area contributed by atoms with Crippen molar-refractivity contribution < 1.29 is 4.79 Å². The van der Waals surface area contributed by atoms with Crippen molar-refractivity contribution in [3.63, 3.8) is 0 Å². The Morgan fingerprint density at radius 1 is 1.00 bits per heavy atom. The zero-order valence-corrected chi connectivity index (χ0v) is 18.7. The molecule has 1 N–H and O–H groups in total. The SMILES string of the molecule is Cc1ccc2c(c1)n(Cc1ccccc1)c(=O)c1nc(C(=O)Nc3ccccc3Br)nn12. The summed E-state index contributed by atoms with van der Waals surface area (Å²) in [5.74, 6) is -0.563. The number of carbonyl (C=O) groups is 1. The number of hydrogen-bond donors (Lipinski definition) is 1. The number of nitrogens with zero attached hydrogens (tertiary/aromatic N) is 4. The van der Waals surface area contributed by atoms with E-state index in [4.69, 9.17) is 0 Å². The highest BCUT2D eigenvalue weighted by Crippen LogP contribution is 2.22. The van der Waals surface area contributed by atoms with Crippen molar-refractivity contribution >= 4 is 44.2 Å². The lowest BCUT2D eigenvalue weighted by Gasteiger charge is -2.12. The molecule has 158 valence electrons. The summed E-state index contributed by atoms with van der Waals surface area (Å²) in [5, 5.41) is 7.16. The molecule has 0 unspecified atom stereocenters. The standard InChI is InChI=1S/C24H18BrN5O2/c1-15-11-12-19-20(13-15)29(14-16-7-3-2-4-8-16)24(32)22-27-21(28-30(19)22)23(31)26-18-10-6-5-9-17(18)25/h2-13H,14H2,1H3,(H,26,31). The fraction of sp³-hybridized carbons (Fsp3) is 0.0833. The van der Waals surface area contributed by atoms with Crippen molar-refractivity contribution in [2.45, 2.75) is 13.5 Å². The van der Waals surface area contributed by atoms with Crippen LogP contribution in [0.15, 0.2) is 82.1 Å². The number of benzene rings is 3. The number of halogens is 1. The van der Waals surface area contributed by atoms with Crippen molar-refractivity contribution in [2.75, 3.05) is 5.32 Å². The van der Waals surface area contributed by atoms with Gasteiger partial charge >= 0.3 is 0 Å². The number of para-hydroxylation sites is 1. The van der Waals surface area contributed by atoms with E-state index in [2.05, 4.69) is 31.3 Å². The van der Waals surface area contributed by atoms with E-state index in [9.17, 15) is 9.59 Å². The van der Waals surface area contributed by atoms with Gasteiger partial charge in [0.25, 0.3) is 11.5 Å². The van der Waals surface area contributed by atoms with Crippen molar-refractivity contribution in [3.8, 4) is 0 Å². The Morgan fingerprint density at radius 3 is 2.53 bits per heavy atom. The molecule has 0 saturated heterocycles. The average Bonchev–Trinajstić information content (AvgIpc) is 3.25. The third kappa shape index (κ3) is 3.58. The van der Waals surface area contributed by atoms with Crippen LogP contribution in [-0.2, 0) is 6.54 Å². The summed E-state index contributed by atoms with van der Waals surface area (Å²) in [6, 6.07) is 22.8. The molecule has 32 heavy (non-hydrogen) atoms. The minimum atomic E-state index is -0.491. The zero-order valence-electron chi connectivity index (χ0n) is 17.1. The Bertz CT molecular complexity index is 1540. The van der Waals surface area contributed by atoms with E-state index >= 15 is 0 Å². The van der Waals surface area contributed by atoms with Gasteiger partial charge < -0.3 is 5.32 Å². The number of fused-ring (bicyclic) bond motifs is 3. The predicted molar refractivity (Wildman–Crippen MR) is 127 cm³/mol. The highest BCUT2D eigenvalue weighted by molar-refractivity contribution is 9.10. The lowest BCUT2D eigenvalue weighted by atomic mass is 10.2. The number of carbonyl (C=O) groups excluding carboxylic acids is 1. The molecule has 8 heteroatoms. The van der Waals surface area contributed by atoms with Crippen LogP contribution in [0.3, 0.4) is 0 Å². The normalized spacial score (nSPS) is 11.2. The van der Waals surface area contributed by atoms with Gasteiger partial charge in [0, 0.05) is 4.47 Å². The lowest BCUT2D eigenvalue weighted by Crippen LogP contribution is -2.24. The summed E-state index contributed by atoms with van der Waals surface area (Å²) in [6.45, 7) is 2.36. The number of rotatable bonds is 4. The first-order chi connectivity index (χ1) is 15.5. The average molecular weight is 488 g/mol. The molecule has 0 bridgehead atoms. The summed E-state index contributed by atoms with van der Waals surface area (Å²) in [6.07, 6.45) is 0. The molecule has 7 nitrogen and oxygen atoms in total. The second kappa shape index (κ2) is 8.05. The molecule has 2 aromatic heterocycles. The summed E-state index contributed by atoms with van der Waals surface area (Å²) in [7, 11) is 0. The number of hydrogen-bond acceptors (Lipinski definition) is 4. The van der Waals surface area contributed by atoms with Crippen LogP contribution < -0.4 is 10.9 Å². The Labute approximate surface area is 191 Å². The monoisotopic (exact) mass is 487 g/mol. The van der Waals surface area contributed by atoms with Gasteiger partial charge in [-0.1, -0.05) is 48.5 Å². The second-order valence-electron chi connectivity index (χ2n) is 7.47. The molecule has 0 aliphatic carbocycles. The van der Waals surface area contributed by atoms with Gasteiger partial charge in [-0.05, 0) is 58.2 Å². The molecular weight excluding hydrogens is 470 g/mol. The van der Waals surface area contributed by atoms with Crippen molar-refractivity contribution in [3.05, 3.63) is 105 Å². The predicted octanol–water partition coefficient (Wildman–Crippen LogP) is 4.42. The van der Waals surface area contributed by atoms with Gasteiger partial charge in [-0.2, -0.15) is 4.98 Å². The van der Waals surface area contributed by atoms with Gasteiger partial charge in [0.15, 0.2) is 0 Å². The number of aryl methyl sites for hydroxylation is 1. The fourth-order valence-electron chi connectivity index (χ4n) is 3.64. The smallest absolute Gasteiger partial charge is 0.296 e. The first-order valence-electron chi connectivity index (χ1n) is 10.0.